The molecule has 0 spiro atoms. The molecule has 0 radical (unpaired) electrons. The van der Waals surface area contributed by atoms with E-state index in [1.807, 2.05) is 30.3 Å². The van der Waals surface area contributed by atoms with Crippen LogP contribution in [0.5, 0.6) is 23.0 Å². The van der Waals surface area contributed by atoms with E-state index in [0.29, 0.717) is 12.6 Å². The number of hydrogen-bond donors (Lipinski definition) is 2. The van der Waals surface area contributed by atoms with Crippen LogP contribution in [0.3, 0.4) is 0 Å². The van der Waals surface area contributed by atoms with Crippen LogP contribution in [-0.2, 0) is 0 Å². The van der Waals surface area contributed by atoms with Gasteiger partial charge in [-0.05, 0) is 79.4 Å². The van der Waals surface area contributed by atoms with Crippen molar-refractivity contribution in [2.45, 2.75) is 49.0 Å². The third-order valence-electron chi connectivity index (χ3n) is 7.36. The Morgan fingerprint density at radius 1 is 0.972 bits per heavy atom. The fourth-order valence-corrected chi connectivity index (χ4v) is 6.53. The second-order valence-electron chi connectivity index (χ2n) is 9.45. The first-order chi connectivity index (χ1) is 17.0. The number of nitrogens with zero attached hydrogens (tertiary/aromatic N) is 1. The Morgan fingerprint density at radius 2 is 1.67 bits per heavy atom. The maximum Gasteiger partial charge on any atom is 0.140 e. The Hall–Kier alpha value is -2.54. The van der Waals surface area contributed by atoms with Crippen molar-refractivity contribution >= 4 is 24.2 Å². The Labute approximate surface area is 223 Å². The number of fused-ring (bicyclic) bond motifs is 1. The molecule has 0 aromatic heterocycles. The van der Waals surface area contributed by atoms with Crippen molar-refractivity contribution in [1.82, 2.24) is 4.90 Å². The summed E-state index contributed by atoms with van der Waals surface area (Å²) in [5, 5.41) is 19.7. The predicted molar refractivity (Wildman–Crippen MR) is 147 cm³/mol. The summed E-state index contributed by atoms with van der Waals surface area (Å²) in [6.45, 7) is 7.42. The van der Waals surface area contributed by atoms with Crippen molar-refractivity contribution in [3.8, 4) is 23.0 Å². The van der Waals surface area contributed by atoms with Gasteiger partial charge in [0.2, 0.25) is 0 Å². The summed E-state index contributed by atoms with van der Waals surface area (Å²) in [5.41, 5.74) is 2.11. The molecule has 0 aliphatic carbocycles. The van der Waals surface area contributed by atoms with Gasteiger partial charge < -0.3 is 19.7 Å². The quantitative estimate of drug-likeness (QED) is 0.345. The van der Waals surface area contributed by atoms with Crippen LogP contribution in [0.15, 0.2) is 71.6 Å². The minimum atomic E-state index is -0.216. The first-order valence-electron chi connectivity index (χ1n) is 12.4. The second-order valence-corrected chi connectivity index (χ2v) is 10.6. The van der Waals surface area contributed by atoms with Crippen molar-refractivity contribution in [3.63, 3.8) is 0 Å². The first-order valence-corrected chi connectivity index (χ1v) is 13.3. The van der Waals surface area contributed by atoms with Gasteiger partial charge in [0.15, 0.2) is 0 Å². The van der Waals surface area contributed by atoms with E-state index < -0.39 is 0 Å². The number of phenols is 2. The highest BCUT2D eigenvalue weighted by Gasteiger charge is 2.34. The number of phenolic OH excluding ortho intramolecular Hbond substituents is 2. The Morgan fingerprint density at radius 3 is 2.36 bits per heavy atom. The van der Waals surface area contributed by atoms with E-state index in [1.165, 1.54) is 12.8 Å². The van der Waals surface area contributed by atoms with Crippen LogP contribution < -0.4 is 9.47 Å². The zero-order chi connectivity index (χ0) is 24.4. The Bertz CT molecular complexity index is 1140. The van der Waals surface area contributed by atoms with Gasteiger partial charge in [0, 0.05) is 12.6 Å². The number of benzene rings is 3. The molecule has 2 aliphatic heterocycles. The van der Waals surface area contributed by atoms with Gasteiger partial charge in [0.05, 0.1) is 10.1 Å². The van der Waals surface area contributed by atoms with E-state index in [1.54, 1.807) is 36.0 Å². The molecule has 2 N–H and O–H groups in total. The number of likely N-dealkylation sites (tertiary alicyclic amines) is 1. The van der Waals surface area contributed by atoms with Crippen molar-refractivity contribution in [2.75, 3.05) is 19.7 Å². The highest BCUT2D eigenvalue weighted by Crippen LogP contribution is 2.54. The third-order valence-corrected chi connectivity index (χ3v) is 8.70. The molecule has 3 aromatic carbocycles. The Balaban J connectivity index is 0.00000304. The molecule has 0 bridgehead atoms. The van der Waals surface area contributed by atoms with Crippen LogP contribution in [0, 0.1) is 5.92 Å². The molecular formula is C29H34ClNO4S. The summed E-state index contributed by atoms with van der Waals surface area (Å²) >= 11 is 1.66. The molecule has 1 fully saturated rings. The zero-order valence-electron chi connectivity index (χ0n) is 20.7. The molecule has 2 heterocycles. The fraction of sp³-hybridized carbons (Fsp3) is 0.379. The highest BCUT2D eigenvalue weighted by atomic mass is 35.5. The third kappa shape index (κ3) is 5.72. The molecule has 4 atom stereocenters. The van der Waals surface area contributed by atoms with Crippen molar-refractivity contribution in [1.29, 1.82) is 0 Å². The molecule has 3 aromatic rings. The largest absolute Gasteiger partial charge is 0.508 e. The van der Waals surface area contributed by atoms with Crippen LogP contribution >= 0.6 is 24.2 Å². The molecule has 7 heteroatoms. The maximum atomic E-state index is 9.96. The van der Waals surface area contributed by atoms with Gasteiger partial charge >= 0.3 is 0 Å². The molecule has 1 saturated heterocycles. The highest BCUT2D eigenvalue weighted by molar-refractivity contribution is 7.99. The lowest BCUT2D eigenvalue weighted by Gasteiger charge is -2.34. The molecule has 5 rings (SSSR count). The zero-order valence-corrected chi connectivity index (χ0v) is 22.3. The normalized spacial score (nSPS) is 23.4. The molecule has 0 amide bonds. The molecule has 0 saturated carbocycles. The standard InChI is InChI=1S/C29H33NO4S.ClH/c1-3-20-14-15-30(19(20)2)16-17-33-25-11-6-21(7-12-25)28-29(22-4-8-23(31)9-5-22)35-27-18-24(32)10-13-26(27)34-28;/h4-13,18-20,28-29,31-32H,3,14-17H2,1-2H3;1H/t19-,20-,28+,29-;/m1./s1. The monoisotopic (exact) mass is 527 g/mol. The SMILES string of the molecule is CC[C@@H]1CCN(CCOc2ccc([C@@H]3Oc4ccc(O)cc4S[C@@H]3c3ccc(O)cc3)cc2)[C@@H]1C.Cl. The average molecular weight is 528 g/mol. The maximum absolute atomic E-state index is 9.96. The van der Waals surface area contributed by atoms with Crippen LogP contribution in [0.1, 0.15) is 49.2 Å². The Kier molecular flexibility index (Phi) is 8.60. The molecule has 5 nitrogen and oxygen atoms in total. The van der Waals surface area contributed by atoms with E-state index in [2.05, 4.69) is 30.9 Å². The van der Waals surface area contributed by atoms with E-state index in [-0.39, 0.29) is 35.3 Å². The second kappa shape index (κ2) is 11.7. The van der Waals surface area contributed by atoms with Gasteiger partial charge in [-0.2, -0.15) is 0 Å². The minimum Gasteiger partial charge on any atom is -0.508 e. The molecule has 0 unspecified atom stereocenters. The molecular weight excluding hydrogens is 494 g/mol. The summed E-state index contributed by atoms with van der Waals surface area (Å²) < 4.78 is 12.5. The lowest BCUT2D eigenvalue weighted by Crippen LogP contribution is -2.33. The van der Waals surface area contributed by atoms with Gasteiger partial charge in [0.1, 0.15) is 35.7 Å². The predicted octanol–water partition coefficient (Wildman–Crippen LogP) is 6.99. The molecule has 2 aliphatic rings. The summed E-state index contributed by atoms with van der Waals surface area (Å²) in [6, 6.07) is 21.3. The van der Waals surface area contributed by atoms with Gasteiger partial charge in [0.25, 0.3) is 0 Å². The number of hydrogen-bond acceptors (Lipinski definition) is 6. The number of aromatic hydroxyl groups is 2. The molecule has 192 valence electrons. The van der Waals surface area contributed by atoms with Crippen molar-refractivity contribution < 1.29 is 19.7 Å². The molecule has 36 heavy (non-hydrogen) atoms. The lowest BCUT2D eigenvalue weighted by molar-refractivity contribution is 0.187. The van der Waals surface area contributed by atoms with Crippen LogP contribution in [-0.4, -0.2) is 40.9 Å². The van der Waals surface area contributed by atoms with E-state index >= 15 is 0 Å². The van der Waals surface area contributed by atoms with Crippen LogP contribution in [0.25, 0.3) is 0 Å². The summed E-state index contributed by atoms with van der Waals surface area (Å²) in [6.07, 6.45) is 2.32. The van der Waals surface area contributed by atoms with E-state index in [9.17, 15) is 10.2 Å². The van der Waals surface area contributed by atoms with Crippen LogP contribution in [0.2, 0.25) is 0 Å². The van der Waals surface area contributed by atoms with Crippen molar-refractivity contribution in [2.24, 2.45) is 5.92 Å². The van der Waals surface area contributed by atoms with E-state index in [0.717, 1.165) is 46.5 Å². The number of thioether (sulfide) groups is 1. The topological polar surface area (TPSA) is 62.2 Å². The summed E-state index contributed by atoms with van der Waals surface area (Å²) in [4.78, 5) is 3.44. The van der Waals surface area contributed by atoms with Gasteiger partial charge in [-0.25, -0.2) is 0 Å². The van der Waals surface area contributed by atoms with Gasteiger partial charge in [-0.15, -0.1) is 24.2 Å². The van der Waals surface area contributed by atoms with Crippen molar-refractivity contribution in [3.05, 3.63) is 77.9 Å². The van der Waals surface area contributed by atoms with Gasteiger partial charge in [-0.1, -0.05) is 37.6 Å². The summed E-state index contributed by atoms with van der Waals surface area (Å²) in [7, 11) is 0. The number of ether oxygens (including phenoxy) is 2. The van der Waals surface area contributed by atoms with Gasteiger partial charge in [-0.3, -0.25) is 4.90 Å². The summed E-state index contributed by atoms with van der Waals surface area (Å²) in [5.74, 6) is 2.89. The average Bonchev–Trinajstić information content (AvgIpc) is 3.23. The fourth-order valence-electron chi connectivity index (χ4n) is 5.20. The number of halogens is 1. The lowest BCUT2D eigenvalue weighted by atomic mass is 9.99. The smallest absolute Gasteiger partial charge is 0.140 e. The number of rotatable bonds is 7. The minimum absolute atomic E-state index is 0. The van der Waals surface area contributed by atoms with Crippen LogP contribution in [0.4, 0.5) is 0 Å². The first kappa shape index (κ1) is 26.5. The van der Waals surface area contributed by atoms with E-state index in [4.69, 9.17) is 9.47 Å².